The van der Waals surface area contributed by atoms with Crippen LogP contribution in [-0.4, -0.2) is 29.4 Å². The fourth-order valence-electron chi connectivity index (χ4n) is 10.6. The molecule has 0 saturated heterocycles. The predicted molar refractivity (Wildman–Crippen MR) is 321 cm³/mol. The number of amides is 1. The summed E-state index contributed by atoms with van der Waals surface area (Å²) in [7, 11) is 0. The second kappa shape index (κ2) is 63.9. The smallest absolute Gasteiger partial charge is 0.220 e. The molecule has 0 rings (SSSR count). The average Bonchev–Trinajstić information content (AvgIpc) is 3.38. The van der Waals surface area contributed by atoms with Crippen LogP contribution in [-0.2, 0) is 9.59 Å². The molecule has 1 amide bonds. The van der Waals surface area contributed by atoms with E-state index in [0.29, 0.717) is 18.7 Å². The standard InChI is InChI=1S/C68H131NO3/c1-3-5-7-9-11-13-15-17-19-34-39-43-47-51-55-59-63-67(71)65-69-68(72)64-60-56-52-48-44-40-36-32-30-28-26-24-22-20-21-23-25-27-29-31-35-38-42-46-50-54-58-62-66(70)61-57-53-49-45-41-37-33-18-16-14-12-10-8-6-4-2/h12,14,18,33,67,71H,3-11,13,15-17,19-32,34-65H2,1-2H3,(H,69,72)/b14-12-,33-18-/t67-/m0/s1. The van der Waals surface area contributed by atoms with Crippen molar-refractivity contribution in [1.29, 1.82) is 0 Å². The molecule has 0 fully saturated rings. The van der Waals surface area contributed by atoms with Crippen LogP contribution >= 0.6 is 0 Å². The highest BCUT2D eigenvalue weighted by molar-refractivity contribution is 5.78. The summed E-state index contributed by atoms with van der Waals surface area (Å²) in [5, 5.41) is 13.3. The lowest BCUT2D eigenvalue weighted by atomic mass is 10.0. The van der Waals surface area contributed by atoms with E-state index in [1.807, 2.05) is 0 Å². The van der Waals surface area contributed by atoms with Crippen LogP contribution in [0.4, 0.5) is 0 Å². The number of aliphatic hydroxyl groups excluding tert-OH is 1. The Balaban J connectivity index is 3.25. The largest absolute Gasteiger partial charge is 0.391 e. The predicted octanol–water partition coefficient (Wildman–Crippen LogP) is 22.8. The molecule has 0 saturated carbocycles. The van der Waals surface area contributed by atoms with Crippen LogP contribution in [0.15, 0.2) is 24.3 Å². The van der Waals surface area contributed by atoms with Crippen LogP contribution in [0.5, 0.6) is 0 Å². The van der Waals surface area contributed by atoms with Gasteiger partial charge in [0.15, 0.2) is 0 Å². The lowest BCUT2D eigenvalue weighted by Gasteiger charge is -2.12. The lowest BCUT2D eigenvalue weighted by molar-refractivity contribution is -0.121. The zero-order chi connectivity index (χ0) is 52.0. The van der Waals surface area contributed by atoms with Gasteiger partial charge in [-0.15, -0.1) is 0 Å². The first-order chi connectivity index (χ1) is 35.6. The van der Waals surface area contributed by atoms with Crippen molar-refractivity contribution >= 4 is 11.7 Å². The molecule has 0 aromatic carbocycles. The first-order valence-corrected chi connectivity index (χ1v) is 33.4. The summed E-state index contributed by atoms with van der Waals surface area (Å²) in [4.78, 5) is 24.5. The highest BCUT2D eigenvalue weighted by Crippen LogP contribution is 2.19. The molecule has 0 spiro atoms. The molecule has 2 N–H and O–H groups in total. The Morgan fingerprint density at radius 1 is 0.319 bits per heavy atom. The lowest BCUT2D eigenvalue weighted by Crippen LogP contribution is -2.31. The molecule has 0 heterocycles. The minimum atomic E-state index is -0.392. The summed E-state index contributed by atoms with van der Waals surface area (Å²) in [6, 6.07) is 0. The molecule has 0 radical (unpaired) electrons. The van der Waals surface area contributed by atoms with Gasteiger partial charge in [-0.2, -0.15) is 0 Å². The van der Waals surface area contributed by atoms with Crippen molar-refractivity contribution in [3.8, 4) is 0 Å². The fourth-order valence-corrected chi connectivity index (χ4v) is 10.6. The average molecular weight is 1010 g/mol. The van der Waals surface area contributed by atoms with Crippen molar-refractivity contribution in [2.45, 2.75) is 392 Å². The van der Waals surface area contributed by atoms with Gasteiger partial charge in [-0.05, 0) is 57.8 Å². The molecule has 0 aromatic rings. The third-order valence-corrected chi connectivity index (χ3v) is 15.7. The highest BCUT2D eigenvalue weighted by Gasteiger charge is 2.08. The number of hydrogen-bond acceptors (Lipinski definition) is 3. The maximum atomic E-state index is 12.3. The topological polar surface area (TPSA) is 66.4 Å². The van der Waals surface area contributed by atoms with Crippen molar-refractivity contribution < 1.29 is 14.7 Å². The number of aliphatic hydroxyl groups is 1. The molecule has 72 heavy (non-hydrogen) atoms. The number of carbonyl (C=O) groups excluding carboxylic acids is 2. The molecule has 0 unspecified atom stereocenters. The highest BCUT2D eigenvalue weighted by atomic mass is 16.3. The van der Waals surface area contributed by atoms with E-state index in [0.717, 1.165) is 57.8 Å². The van der Waals surface area contributed by atoms with E-state index in [1.165, 1.54) is 308 Å². The summed E-state index contributed by atoms with van der Waals surface area (Å²) in [5.74, 6) is 0.624. The number of hydrogen-bond donors (Lipinski definition) is 2. The molecule has 0 aliphatic carbocycles. The number of unbranched alkanes of at least 4 members (excludes halogenated alkanes) is 49. The molecule has 4 nitrogen and oxygen atoms in total. The maximum Gasteiger partial charge on any atom is 0.220 e. The molecular weight excluding hydrogens is 879 g/mol. The Labute approximate surface area is 452 Å². The number of ketones is 1. The van der Waals surface area contributed by atoms with Crippen molar-refractivity contribution in [3.63, 3.8) is 0 Å². The van der Waals surface area contributed by atoms with E-state index in [4.69, 9.17) is 0 Å². The molecule has 426 valence electrons. The van der Waals surface area contributed by atoms with Crippen molar-refractivity contribution in [2.75, 3.05) is 6.54 Å². The summed E-state index contributed by atoms with van der Waals surface area (Å²) < 4.78 is 0. The van der Waals surface area contributed by atoms with E-state index < -0.39 is 6.10 Å². The number of Topliss-reactive ketones (excluding diaryl/α,β-unsaturated/α-hetero) is 1. The van der Waals surface area contributed by atoms with Gasteiger partial charge in [0.2, 0.25) is 5.91 Å². The Morgan fingerprint density at radius 2 is 0.569 bits per heavy atom. The van der Waals surface area contributed by atoms with Gasteiger partial charge in [0.05, 0.1) is 6.10 Å². The maximum absolute atomic E-state index is 12.3. The van der Waals surface area contributed by atoms with E-state index in [9.17, 15) is 14.7 Å². The van der Waals surface area contributed by atoms with Gasteiger partial charge in [0, 0.05) is 25.8 Å². The molecule has 4 heteroatoms. The molecule has 0 aliphatic rings. The van der Waals surface area contributed by atoms with Gasteiger partial charge in [0.25, 0.3) is 0 Å². The minimum Gasteiger partial charge on any atom is -0.391 e. The zero-order valence-corrected chi connectivity index (χ0v) is 49.4. The van der Waals surface area contributed by atoms with Crippen LogP contribution in [0.25, 0.3) is 0 Å². The van der Waals surface area contributed by atoms with Crippen LogP contribution < -0.4 is 5.32 Å². The zero-order valence-electron chi connectivity index (χ0n) is 49.4. The van der Waals surface area contributed by atoms with E-state index in [1.54, 1.807) is 0 Å². The van der Waals surface area contributed by atoms with Crippen molar-refractivity contribution in [1.82, 2.24) is 5.32 Å². The summed E-state index contributed by atoms with van der Waals surface area (Å²) >= 11 is 0. The van der Waals surface area contributed by atoms with Gasteiger partial charge >= 0.3 is 0 Å². The van der Waals surface area contributed by atoms with Gasteiger partial charge < -0.3 is 10.4 Å². The van der Waals surface area contributed by atoms with Crippen LogP contribution in [0.2, 0.25) is 0 Å². The van der Waals surface area contributed by atoms with Crippen molar-refractivity contribution in [2.24, 2.45) is 0 Å². The molecular formula is C68H131NO3. The Hall–Kier alpha value is -1.42. The number of allylic oxidation sites excluding steroid dienone is 4. The van der Waals surface area contributed by atoms with Gasteiger partial charge in [-0.1, -0.05) is 334 Å². The second-order valence-corrected chi connectivity index (χ2v) is 23.1. The first-order valence-electron chi connectivity index (χ1n) is 33.4. The minimum absolute atomic E-state index is 0.117. The molecule has 0 aromatic heterocycles. The van der Waals surface area contributed by atoms with E-state index in [-0.39, 0.29) is 5.91 Å². The summed E-state index contributed by atoms with van der Waals surface area (Å²) in [6.45, 7) is 4.97. The summed E-state index contributed by atoms with van der Waals surface area (Å²) in [5.41, 5.74) is 0. The normalized spacial score (nSPS) is 12.3. The SMILES string of the molecule is CCCCC/C=C\C/C=C\CCCCCCCC(=O)CCCCCCCCCCCCCCCCCCCCCCCCCCCCCC(=O)NC[C@@H](O)CCCCCCCCCCCCCCCCCC. The quantitative estimate of drug-likeness (QED) is 0.0471. The molecule has 0 aliphatic heterocycles. The fraction of sp³-hybridized carbons (Fsp3) is 0.912. The monoisotopic (exact) mass is 1010 g/mol. The Bertz CT molecular complexity index is 1100. The third-order valence-electron chi connectivity index (χ3n) is 15.7. The third kappa shape index (κ3) is 62.9. The molecule has 0 bridgehead atoms. The number of carbonyl (C=O) groups is 2. The summed E-state index contributed by atoms with van der Waals surface area (Å²) in [6.07, 6.45) is 84.2. The van der Waals surface area contributed by atoms with Gasteiger partial charge in [0.1, 0.15) is 5.78 Å². The second-order valence-electron chi connectivity index (χ2n) is 23.1. The van der Waals surface area contributed by atoms with Crippen LogP contribution in [0.3, 0.4) is 0 Å². The van der Waals surface area contributed by atoms with E-state index >= 15 is 0 Å². The Morgan fingerprint density at radius 3 is 0.903 bits per heavy atom. The van der Waals surface area contributed by atoms with Gasteiger partial charge in [-0.25, -0.2) is 0 Å². The van der Waals surface area contributed by atoms with Crippen LogP contribution in [0.1, 0.15) is 386 Å². The molecule has 1 atom stereocenters. The Kier molecular flexibility index (Phi) is 62.6. The van der Waals surface area contributed by atoms with Gasteiger partial charge in [-0.3, -0.25) is 9.59 Å². The number of rotatable bonds is 63. The van der Waals surface area contributed by atoms with E-state index in [2.05, 4.69) is 43.5 Å². The van der Waals surface area contributed by atoms with Crippen LogP contribution in [0, 0.1) is 0 Å². The van der Waals surface area contributed by atoms with Crippen molar-refractivity contribution in [3.05, 3.63) is 24.3 Å². The first kappa shape index (κ1) is 70.6. The number of nitrogens with one attached hydrogen (secondary N) is 1.